The molecule has 2 nitrogen and oxygen atoms in total. The van der Waals surface area contributed by atoms with Crippen LogP contribution in [0.4, 0.5) is 8.78 Å². The fourth-order valence-electron chi connectivity index (χ4n) is 2.84. The summed E-state index contributed by atoms with van der Waals surface area (Å²) in [5.41, 5.74) is 0.670. The van der Waals surface area contributed by atoms with Crippen molar-refractivity contribution in [1.29, 1.82) is 0 Å². The summed E-state index contributed by atoms with van der Waals surface area (Å²) in [5, 5.41) is 3.50. The summed E-state index contributed by atoms with van der Waals surface area (Å²) in [5.74, 6) is -0.486. The first kappa shape index (κ1) is 14.4. The predicted molar refractivity (Wildman–Crippen MR) is 73.0 cm³/mol. The molecule has 1 N–H and O–H groups in total. The molecule has 1 aliphatic heterocycles. The lowest BCUT2D eigenvalue weighted by Crippen LogP contribution is -2.47. The van der Waals surface area contributed by atoms with Crippen LogP contribution in [-0.4, -0.2) is 31.1 Å². The molecule has 1 fully saturated rings. The van der Waals surface area contributed by atoms with Crippen LogP contribution in [0.5, 0.6) is 0 Å². The van der Waals surface area contributed by atoms with Crippen molar-refractivity contribution in [1.82, 2.24) is 10.2 Å². The van der Waals surface area contributed by atoms with Crippen molar-refractivity contribution in [3.8, 4) is 0 Å². The normalized spacial score (nSPS) is 26.4. The number of rotatable bonds is 3. The van der Waals surface area contributed by atoms with Crippen LogP contribution < -0.4 is 5.32 Å². The molecule has 4 heteroatoms. The van der Waals surface area contributed by atoms with Gasteiger partial charge in [-0.3, -0.25) is 0 Å². The van der Waals surface area contributed by atoms with Gasteiger partial charge < -0.3 is 10.2 Å². The molecule has 1 aromatic carbocycles. The Bertz CT molecular complexity index is 416. The van der Waals surface area contributed by atoms with E-state index in [-0.39, 0.29) is 6.04 Å². The van der Waals surface area contributed by atoms with E-state index in [1.54, 1.807) is 0 Å². The maximum absolute atomic E-state index is 13.2. The van der Waals surface area contributed by atoms with Gasteiger partial charge in [0.2, 0.25) is 0 Å². The second-order valence-electron chi connectivity index (χ2n) is 5.73. The third-order valence-electron chi connectivity index (χ3n) is 3.96. The average molecular weight is 268 g/mol. The molecule has 19 heavy (non-hydrogen) atoms. The molecule has 2 rings (SSSR count). The number of benzene rings is 1. The molecule has 0 spiro atoms. The van der Waals surface area contributed by atoms with E-state index < -0.39 is 11.6 Å². The van der Waals surface area contributed by atoms with Crippen molar-refractivity contribution < 1.29 is 8.78 Å². The standard InChI is InChI=1S/C15H22F2N2/c1-10-9-19(3)5-4-15(10)18-11(2)12-6-13(16)8-14(17)7-12/h6-8,10-11,15,18H,4-5,9H2,1-3H3. The van der Waals surface area contributed by atoms with Gasteiger partial charge >= 0.3 is 0 Å². The van der Waals surface area contributed by atoms with E-state index in [2.05, 4.69) is 24.2 Å². The van der Waals surface area contributed by atoms with Crippen molar-refractivity contribution in [3.05, 3.63) is 35.4 Å². The van der Waals surface area contributed by atoms with Crippen molar-refractivity contribution in [2.24, 2.45) is 5.92 Å². The third kappa shape index (κ3) is 3.74. The zero-order valence-corrected chi connectivity index (χ0v) is 11.8. The van der Waals surface area contributed by atoms with Gasteiger partial charge in [-0.2, -0.15) is 0 Å². The lowest BCUT2D eigenvalue weighted by Gasteiger charge is -2.37. The Morgan fingerprint density at radius 2 is 1.89 bits per heavy atom. The lowest BCUT2D eigenvalue weighted by molar-refractivity contribution is 0.168. The largest absolute Gasteiger partial charge is 0.307 e. The SMILES string of the molecule is CC(NC1CCN(C)CC1C)c1cc(F)cc(F)c1. The van der Waals surface area contributed by atoms with Gasteiger partial charge in [-0.05, 0) is 50.6 Å². The predicted octanol–water partition coefficient (Wildman–Crippen LogP) is 2.96. The van der Waals surface area contributed by atoms with Crippen LogP contribution in [0.2, 0.25) is 0 Å². The Labute approximate surface area is 113 Å². The van der Waals surface area contributed by atoms with E-state index >= 15 is 0 Å². The molecule has 106 valence electrons. The molecule has 3 unspecified atom stereocenters. The number of hydrogen-bond donors (Lipinski definition) is 1. The smallest absolute Gasteiger partial charge is 0.126 e. The Balaban J connectivity index is 2.02. The van der Waals surface area contributed by atoms with E-state index in [4.69, 9.17) is 0 Å². The minimum atomic E-state index is -0.514. The van der Waals surface area contributed by atoms with Crippen molar-refractivity contribution in [2.75, 3.05) is 20.1 Å². The number of piperidine rings is 1. The molecule has 1 aliphatic rings. The summed E-state index contributed by atoms with van der Waals surface area (Å²) in [6.45, 7) is 6.29. The van der Waals surface area contributed by atoms with Gasteiger partial charge in [0.15, 0.2) is 0 Å². The summed E-state index contributed by atoms with van der Waals surface area (Å²) in [4.78, 5) is 2.31. The Kier molecular flexibility index (Phi) is 4.53. The highest BCUT2D eigenvalue weighted by molar-refractivity contribution is 5.21. The number of nitrogens with one attached hydrogen (secondary N) is 1. The molecule has 0 radical (unpaired) electrons. The van der Waals surface area contributed by atoms with E-state index in [9.17, 15) is 8.78 Å². The van der Waals surface area contributed by atoms with Crippen molar-refractivity contribution >= 4 is 0 Å². The Hall–Kier alpha value is -1.00. The fourth-order valence-corrected chi connectivity index (χ4v) is 2.84. The monoisotopic (exact) mass is 268 g/mol. The molecule has 0 amide bonds. The van der Waals surface area contributed by atoms with E-state index in [0.717, 1.165) is 25.6 Å². The minimum Gasteiger partial charge on any atom is -0.307 e. The molecule has 0 saturated carbocycles. The van der Waals surface area contributed by atoms with Gasteiger partial charge in [-0.1, -0.05) is 6.92 Å². The van der Waals surface area contributed by atoms with Gasteiger partial charge in [-0.25, -0.2) is 8.78 Å². The first-order valence-electron chi connectivity index (χ1n) is 6.86. The molecule has 0 aromatic heterocycles. The maximum atomic E-state index is 13.2. The van der Waals surface area contributed by atoms with Crippen LogP contribution in [-0.2, 0) is 0 Å². The van der Waals surface area contributed by atoms with Gasteiger partial charge in [0.25, 0.3) is 0 Å². The highest BCUT2D eigenvalue weighted by atomic mass is 19.1. The van der Waals surface area contributed by atoms with Crippen LogP contribution >= 0.6 is 0 Å². The summed E-state index contributed by atoms with van der Waals surface area (Å²) in [6.07, 6.45) is 1.07. The summed E-state index contributed by atoms with van der Waals surface area (Å²) in [6, 6.07) is 4.08. The van der Waals surface area contributed by atoms with Gasteiger partial charge in [0.05, 0.1) is 0 Å². The van der Waals surface area contributed by atoms with Crippen molar-refractivity contribution in [2.45, 2.75) is 32.4 Å². The number of nitrogens with zero attached hydrogens (tertiary/aromatic N) is 1. The zero-order chi connectivity index (χ0) is 14.0. The summed E-state index contributed by atoms with van der Waals surface area (Å²) < 4.78 is 26.4. The van der Waals surface area contributed by atoms with Gasteiger partial charge in [-0.15, -0.1) is 0 Å². The van der Waals surface area contributed by atoms with E-state index in [1.807, 2.05) is 6.92 Å². The van der Waals surface area contributed by atoms with Crippen LogP contribution in [0, 0.1) is 17.6 Å². The molecular formula is C15H22F2N2. The Morgan fingerprint density at radius 3 is 2.47 bits per heavy atom. The van der Waals surface area contributed by atoms with Gasteiger partial charge in [0.1, 0.15) is 11.6 Å². The fraction of sp³-hybridized carbons (Fsp3) is 0.600. The molecular weight excluding hydrogens is 246 g/mol. The number of halogens is 2. The molecule has 1 heterocycles. The van der Waals surface area contributed by atoms with Gasteiger partial charge in [0, 0.05) is 24.7 Å². The molecule has 3 atom stereocenters. The number of likely N-dealkylation sites (tertiary alicyclic amines) is 1. The molecule has 1 saturated heterocycles. The minimum absolute atomic E-state index is 0.0407. The van der Waals surface area contributed by atoms with Crippen LogP contribution in [0.3, 0.4) is 0 Å². The Morgan fingerprint density at radius 1 is 1.26 bits per heavy atom. The quantitative estimate of drug-likeness (QED) is 0.906. The van der Waals surface area contributed by atoms with Crippen molar-refractivity contribution in [3.63, 3.8) is 0 Å². The van der Waals surface area contributed by atoms with Crippen LogP contribution in [0.1, 0.15) is 31.9 Å². The number of hydrogen-bond acceptors (Lipinski definition) is 2. The average Bonchev–Trinajstić information content (AvgIpc) is 2.31. The van der Waals surface area contributed by atoms with E-state index in [0.29, 0.717) is 17.5 Å². The van der Waals surface area contributed by atoms with E-state index in [1.165, 1.54) is 12.1 Å². The third-order valence-corrected chi connectivity index (χ3v) is 3.96. The first-order chi connectivity index (χ1) is 8.95. The zero-order valence-electron chi connectivity index (χ0n) is 11.8. The molecule has 0 bridgehead atoms. The van der Waals surface area contributed by atoms with Crippen LogP contribution in [0.25, 0.3) is 0 Å². The summed E-state index contributed by atoms with van der Waals surface area (Å²) in [7, 11) is 2.12. The maximum Gasteiger partial charge on any atom is 0.126 e. The molecule has 1 aromatic rings. The summed E-state index contributed by atoms with van der Waals surface area (Å²) >= 11 is 0. The highest BCUT2D eigenvalue weighted by Crippen LogP contribution is 2.21. The second-order valence-corrected chi connectivity index (χ2v) is 5.73. The first-order valence-corrected chi connectivity index (χ1v) is 6.86. The molecule has 0 aliphatic carbocycles. The topological polar surface area (TPSA) is 15.3 Å². The second kappa shape index (κ2) is 5.97. The lowest BCUT2D eigenvalue weighted by atomic mass is 9.93. The highest BCUT2D eigenvalue weighted by Gasteiger charge is 2.25. The van der Waals surface area contributed by atoms with Crippen LogP contribution in [0.15, 0.2) is 18.2 Å².